The lowest BCUT2D eigenvalue weighted by Crippen LogP contribution is -1.92. The number of esters is 1. The van der Waals surface area contributed by atoms with E-state index in [2.05, 4.69) is 0 Å². The minimum atomic E-state index is -0.500. The van der Waals surface area contributed by atoms with Gasteiger partial charge in [-0.3, -0.25) is 0 Å². The van der Waals surface area contributed by atoms with Crippen molar-refractivity contribution in [2.45, 2.75) is 13.3 Å². The van der Waals surface area contributed by atoms with Gasteiger partial charge in [-0.2, -0.15) is 0 Å². The van der Waals surface area contributed by atoms with Crippen LogP contribution in [0.25, 0.3) is 5.76 Å². The molecule has 0 saturated carbocycles. The molecule has 0 bridgehead atoms. The van der Waals surface area contributed by atoms with Crippen LogP contribution in [0.4, 0.5) is 0 Å². The van der Waals surface area contributed by atoms with E-state index in [1.807, 2.05) is 6.92 Å². The van der Waals surface area contributed by atoms with Crippen molar-refractivity contribution >= 4 is 11.7 Å². The number of phenols is 2. The fourth-order valence-electron chi connectivity index (χ4n) is 1.53. The first kappa shape index (κ1) is 9.58. The minimum Gasteiger partial charge on any atom is -0.504 e. The largest absolute Gasteiger partial charge is 0.504 e. The van der Waals surface area contributed by atoms with Crippen molar-refractivity contribution in [3.05, 3.63) is 29.3 Å². The lowest BCUT2D eigenvalue weighted by atomic mass is 10.1. The maximum Gasteiger partial charge on any atom is 0.344 e. The molecule has 78 valence electrons. The first-order valence-electron chi connectivity index (χ1n) is 4.62. The quantitative estimate of drug-likeness (QED) is 0.545. The highest BCUT2D eigenvalue weighted by Crippen LogP contribution is 2.41. The number of benzene rings is 1. The molecule has 0 aromatic heterocycles. The van der Waals surface area contributed by atoms with Gasteiger partial charge in [-0.25, -0.2) is 4.79 Å². The van der Waals surface area contributed by atoms with Crippen LogP contribution in [-0.4, -0.2) is 16.2 Å². The molecule has 0 atom stereocenters. The molecule has 4 nitrogen and oxygen atoms in total. The van der Waals surface area contributed by atoms with E-state index in [1.165, 1.54) is 12.1 Å². The van der Waals surface area contributed by atoms with Gasteiger partial charge in [0.05, 0.1) is 11.1 Å². The predicted molar refractivity (Wildman–Crippen MR) is 53.5 cm³/mol. The maximum atomic E-state index is 11.4. The number of hydrogen-bond acceptors (Lipinski definition) is 4. The predicted octanol–water partition coefficient (Wildman–Crippen LogP) is 2.02. The van der Waals surface area contributed by atoms with Crippen molar-refractivity contribution in [2.75, 3.05) is 0 Å². The number of carbonyl (C=O) groups excluding carboxylic acids is 1. The molecule has 0 amide bonds. The number of allylic oxidation sites excluding steroid dienone is 1. The van der Waals surface area contributed by atoms with Crippen LogP contribution in [0.5, 0.6) is 11.5 Å². The molecule has 1 heterocycles. The highest BCUT2D eigenvalue weighted by Gasteiger charge is 2.30. The summed E-state index contributed by atoms with van der Waals surface area (Å²) in [6.45, 7) is 1.89. The Hall–Kier alpha value is -1.97. The van der Waals surface area contributed by atoms with E-state index in [0.29, 0.717) is 12.2 Å². The molecule has 0 spiro atoms. The average molecular weight is 206 g/mol. The van der Waals surface area contributed by atoms with Crippen molar-refractivity contribution in [3.8, 4) is 11.5 Å². The number of hydrogen-bond donors (Lipinski definition) is 2. The zero-order valence-electron chi connectivity index (χ0n) is 8.15. The monoisotopic (exact) mass is 206 g/mol. The molecule has 1 aromatic rings. The van der Waals surface area contributed by atoms with Crippen LogP contribution in [0.1, 0.15) is 29.3 Å². The molecule has 2 rings (SSSR count). The summed E-state index contributed by atoms with van der Waals surface area (Å²) in [6.07, 6.45) is 2.36. The summed E-state index contributed by atoms with van der Waals surface area (Å²) in [5.41, 5.74) is 0.562. The third-order valence-electron chi connectivity index (χ3n) is 2.22. The summed E-state index contributed by atoms with van der Waals surface area (Å²) in [5.74, 6) is -0.752. The van der Waals surface area contributed by atoms with E-state index in [1.54, 1.807) is 6.08 Å². The second-order valence-electron chi connectivity index (χ2n) is 3.22. The summed E-state index contributed by atoms with van der Waals surface area (Å²) in [4.78, 5) is 11.4. The van der Waals surface area contributed by atoms with E-state index in [0.717, 1.165) is 0 Å². The molecule has 0 radical (unpaired) electrons. The Morgan fingerprint density at radius 1 is 1.40 bits per heavy atom. The van der Waals surface area contributed by atoms with Crippen molar-refractivity contribution in [3.63, 3.8) is 0 Å². The fourth-order valence-corrected chi connectivity index (χ4v) is 1.53. The lowest BCUT2D eigenvalue weighted by molar-refractivity contribution is 0.0715. The van der Waals surface area contributed by atoms with Gasteiger partial charge in [0.25, 0.3) is 0 Å². The summed E-state index contributed by atoms with van der Waals surface area (Å²) in [6, 6.07) is 2.70. The number of carbonyl (C=O) groups is 1. The van der Waals surface area contributed by atoms with Crippen LogP contribution in [-0.2, 0) is 4.74 Å². The third-order valence-corrected chi connectivity index (χ3v) is 2.22. The van der Waals surface area contributed by atoms with Crippen LogP contribution in [0, 0.1) is 0 Å². The summed E-state index contributed by atoms with van der Waals surface area (Å²) < 4.78 is 4.96. The van der Waals surface area contributed by atoms with Crippen LogP contribution < -0.4 is 0 Å². The number of fused-ring (bicyclic) bond motifs is 1. The smallest absolute Gasteiger partial charge is 0.344 e. The van der Waals surface area contributed by atoms with Crippen molar-refractivity contribution in [1.82, 2.24) is 0 Å². The van der Waals surface area contributed by atoms with Gasteiger partial charge in [0.2, 0.25) is 0 Å². The van der Waals surface area contributed by atoms with Gasteiger partial charge < -0.3 is 14.9 Å². The van der Waals surface area contributed by atoms with Crippen molar-refractivity contribution < 1.29 is 19.7 Å². The first-order chi connectivity index (χ1) is 7.15. The van der Waals surface area contributed by atoms with Gasteiger partial charge >= 0.3 is 5.97 Å². The Balaban J connectivity index is 2.67. The number of ether oxygens (including phenoxy) is 1. The lowest BCUT2D eigenvalue weighted by Gasteiger charge is -2.02. The van der Waals surface area contributed by atoms with E-state index in [4.69, 9.17) is 4.74 Å². The standard InChI is InChI=1S/C11H10O4/c1-2-3-8-9-6(11(14)15-8)4-5-7(12)10(9)13/h3-5,12-13H,2H2,1H3/b8-3-. The van der Waals surface area contributed by atoms with Gasteiger partial charge in [-0.05, 0) is 24.6 Å². The summed E-state index contributed by atoms with van der Waals surface area (Å²) in [5, 5.41) is 18.9. The second kappa shape index (κ2) is 3.31. The van der Waals surface area contributed by atoms with E-state index >= 15 is 0 Å². The number of aromatic hydroxyl groups is 2. The molecular weight excluding hydrogens is 196 g/mol. The first-order valence-corrected chi connectivity index (χ1v) is 4.62. The molecule has 2 N–H and O–H groups in total. The second-order valence-corrected chi connectivity index (χ2v) is 3.22. The number of rotatable bonds is 1. The van der Waals surface area contributed by atoms with Gasteiger partial charge in [-0.15, -0.1) is 0 Å². The van der Waals surface area contributed by atoms with E-state index in [9.17, 15) is 15.0 Å². The number of phenolic OH excluding ortho intramolecular Hbond substituents is 2. The Kier molecular flexibility index (Phi) is 2.11. The minimum absolute atomic E-state index is 0.256. The Labute approximate surface area is 86.4 Å². The molecule has 1 aliphatic heterocycles. The average Bonchev–Trinajstić information content (AvgIpc) is 2.51. The molecule has 0 fully saturated rings. The highest BCUT2D eigenvalue weighted by molar-refractivity contribution is 6.04. The normalized spacial score (nSPS) is 16.6. The maximum absolute atomic E-state index is 11.4. The Morgan fingerprint density at radius 3 is 2.80 bits per heavy atom. The van der Waals surface area contributed by atoms with Gasteiger partial charge in [-0.1, -0.05) is 6.92 Å². The molecule has 15 heavy (non-hydrogen) atoms. The highest BCUT2D eigenvalue weighted by atomic mass is 16.5. The summed E-state index contributed by atoms with van der Waals surface area (Å²) >= 11 is 0. The molecule has 1 aliphatic rings. The van der Waals surface area contributed by atoms with Crippen molar-refractivity contribution in [1.29, 1.82) is 0 Å². The molecule has 0 saturated heterocycles. The van der Waals surface area contributed by atoms with Crippen LogP contribution >= 0.6 is 0 Å². The topological polar surface area (TPSA) is 66.8 Å². The fraction of sp³-hybridized carbons (Fsp3) is 0.182. The third kappa shape index (κ3) is 1.34. The molecule has 0 unspecified atom stereocenters. The zero-order valence-corrected chi connectivity index (χ0v) is 8.15. The van der Waals surface area contributed by atoms with Gasteiger partial charge in [0.1, 0.15) is 5.76 Å². The molecule has 4 heteroatoms. The van der Waals surface area contributed by atoms with Crippen LogP contribution in [0.15, 0.2) is 18.2 Å². The van der Waals surface area contributed by atoms with Gasteiger partial charge in [0.15, 0.2) is 11.5 Å². The van der Waals surface area contributed by atoms with Gasteiger partial charge in [0, 0.05) is 0 Å². The molecule has 0 aliphatic carbocycles. The Morgan fingerprint density at radius 2 is 2.13 bits per heavy atom. The number of cyclic esters (lactones) is 1. The SMILES string of the molecule is CC/C=C1\OC(=O)c2ccc(O)c(O)c21. The zero-order chi connectivity index (χ0) is 11.0. The van der Waals surface area contributed by atoms with E-state index in [-0.39, 0.29) is 22.6 Å². The van der Waals surface area contributed by atoms with E-state index < -0.39 is 5.97 Å². The molecule has 1 aromatic carbocycles. The Bertz CT molecular complexity index is 460. The van der Waals surface area contributed by atoms with Crippen LogP contribution in [0.2, 0.25) is 0 Å². The summed E-state index contributed by atoms with van der Waals surface area (Å²) in [7, 11) is 0. The van der Waals surface area contributed by atoms with Crippen LogP contribution in [0.3, 0.4) is 0 Å². The molecular formula is C11H10O4. The van der Waals surface area contributed by atoms with Crippen molar-refractivity contribution in [2.24, 2.45) is 0 Å².